The van der Waals surface area contributed by atoms with Crippen LogP contribution < -0.4 is 5.32 Å². The second kappa shape index (κ2) is 14.6. The first-order valence-corrected chi connectivity index (χ1v) is 10.4. The van der Waals surface area contributed by atoms with Crippen molar-refractivity contribution in [3.8, 4) is 0 Å². The molecule has 0 spiro atoms. The van der Waals surface area contributed by atoms with Crippen molar-refractivity contribution in [2.45, 2.75) is 18.4 Å². The van der Waals surface area contributed by atoms with Gasteiger partial charge in [0.15, 0.2) is 6.23 Å². The molecule has 13 heteroatoms. The Morgan fingerprint density at radius 1 is 1.09 bits per heavy atom. The van der Waals surface area contributed by atoms with Crippen molar-refractivity contribution >= 4 is 46.7 Å². The molecule has 1 amide bonds. The number of hydrogen-bond acceptors (Lipinski definition) is 12. The number of hydrogen-bond donors (Lipinski definition) is 1. The van der Waals surface area contributed by atoms with Gasteiger partial charge in [-0.15, -0.1) is 0 Å². The van der Waals surface area contributed by atoms with Crippen molar-refractivity contribution in [3.63, 3.8) is 0 Å². The summed E-state index contributed by atoms with van der Waals surface area (Å²) in [5, 5.41) is 1.77. The van der Waals surface area contributed by atoms with Crippen molar-refractivity contribution in [1.29, 1.82) is 0 Å². The molecule has 0 aliphatic carbocycles. The van der Waals surface area contributed by atoms with Gasteiger partial charge in [0.05, 0.1) is 6.54 Å². The molecular formula is C20H24N2O10S. The van der Waals surface area contributed by atoms with Crippen LogP contribution in [0, 0.1) is 0 Å². The minimum Gasteiger partial charge on any atom is -0.455 e. The summed E-state index contributed by atoms with van der Waals surface area (Å²) < 4.78 is 18.5. The first-order chi connectivity index (χ1) is 15.7. The predicted molar refractivity (Wildman–Crippen MR) is 114 cm³/mol. The van der Waals surface area contributed by atoms with Crippen molar-refractivity contribution in [1.82, 2.24) is 10.2 Å². The Balaban J connectivity index is 2.25. The highest BCUT2D eigenvalue weighted by Gasteiger charge is 2.37. The third-order valence-electron chi connectivity index (χ3n) is 3.62. The maximum atomic E-state index is 12.1. The van der Waals surface area contributed by atoms with Crippen LogP contribution in [0.2, 0.25) is 0 Å². The second-order valence-electron chi connectivity index (χ2n) is 6.16. The molecule has 0 radical (unpaired) electrons. The first kappa shape index (κ1) is 27.6. The van der Waals surface area contributed by atoms with Crippen LogP contribution in [0.25, 0.3) is 0 Å². The minimum atomic E-state index is -1.46. The van der Waals surface area contributed by atoms with E-state index < -0.39 is 35.4 Å². The lowest BCUT2D eigenvalue weighted by Gasteiger charge is -2.34. The predicted octanol–water partition coefficient (Wildman–Crippen LogP) is 0.0870. The van der Waals surface area contributed by atoms with Gasteiger partial charge in [-0.3, -0.25) is 19.7 Å². The molecule has 1 saturated heterocycles. The third kappa shape index (κ3) is 10.1. The number of β-lactam (4-membered cyclic amide) rings is 1. The summed E-state index contributed by atoms with van der Waals surface area (Å²) in [5.41, 5.74) is 0. The van der Waals surface area contributed by atoms with E-state index >= 15 is 0 Å². The Hall–Kier alpha value is -3.45. The quantitative estimate of drug-likeness (QED) is 0.0675. The fourth-order valence-electron chi connectivity index (χ4n) is 2.06. The highest BCUT2D eigenvalue weighted by molar-refractivity contribution is 8.14. The zero-order valence-electron chi connectivity index (χ0n) is 17.9. The first-order valence-electron chi connectivity index (χ1n) is 9.53. The number of amides is 1. The monoisotopic (exact) mass is 484 g/mol. The van der Waals surface area contributed by atoms with Gasteiger partial charge in [-0.2, -0.15) is 0 Å². The third-order valence-corrected chi connectivity index (χ3v) is 4.66. The maximum absolute atomic E-state index is 12.1. The van der Waals surface area contributed by atoms with E-state index in [0.29, 0.717) is 0 Å². The van der Waals surface area contributed by atoms with E-state index in [1.807, 2.05) is 0 Å². The number of esters is 2. The van der Waals surface area contributed by atoms with Gasteiger partial charge >= 0.3 is 23.9 Å². The number of nitrogens with zero attached hydrogens (tertiary/aromatic N) is 1. The molecule has 12 nitrogen and oxygen atoms in total. The number of carbonyl (C=O) groups excluding carboxylic acids is 6. The number of thioether (sulfide) groups is 1. The molecule has 33 heavy (non-hydrogen) atoms. The molecule has 0 aromatic heterocycles. The van der Waals surface area contributed by atoms with Crippen molar-refractivity contribution in [3.05, 3.63) is 37.6 Å². The van der Waals surface area contributed by atoms with E-state index in [2.05, 4.69) is 32.7 Å². The summed E-state index contributed by atoms with van der Waals surface area (Å²) in [5.74, 6) is -4.53. The Bertz CT molecular complexity index is 826. The summed E-state index contributed by atoms with van der Waals surface area (Å²) in [6.45, 7) is 7.73. The molecular weight excluding hydrogens is 460 g/mol. The topological polar surface area (TPSA) is 155 Å². The number of Topliss-reactive ketones (excluding diaryl/α,β-unsaturated/α-hetero) is 1. The van der Waals surface area contributed by atoms with Gasteiger partial charge in [-0.1, -0.05) is 37.1 Å². The van der Waals surface area contributed by atoms with E-state index in [0.717, 1.165) is 11.8 Å². The molecule has 0 aromatic rings. The normalized spacial score (nSPS) is 15.7. The van der Waals surface area contributed by atoms with Crippen LogP contribution in [-0.2, 0) is 42.9 Å². The SMILES string of the molecule is C=CCOC(=O)OC(C)NCC(=O)SC1CN(C=CCOC(=O)C(=O)C(=O)OCC=C)C1=O. The van der Waals surface area contributed by atoms with E-state index in [-0.39, 0.29) is 43.9 Å². The number of carbonyl (C=O) groups is 6. The van der Waals surface area contributed by atoms with Crippen LogP contribution in [0.3, 0.4) is 0 Å². The fraction of sp³-hybridized carbons (Fsp3) is 0.400. The van der Waals surface area contributed by atoms with Gasteiger partial charge in [0.25, 0.3) is 0 Å². The van der Waals surface area contributed by atoms with Gasteiger partial charge in [0.1, 0.15) is 25.1 Å². The highest BCUT2D eigenvalue weighted by Crippen LogP contribution is 2.24. The van der Waals surface area contributed by atoms with Gasteiger partial charge in [0.2, 0.25) is 11.0 Å². The largest absolute Gasteiger partial charge is 0.510 e. The standard InChI is InChI=1S/C20H24N2O10S/c1-4-8-29-18(26)16(24)19(27)30-10-6-7-22-12-14(17(22)25)33-15(23)11-21-13(3)32-20(28)31-9-5-2/h4-7,13-14,21H,1-2,8-12H2,3H3. The summed E-state index contributed by atoms with van der Waals surface area (Å²) in [6.07, 6.45) is 3.56. The Morgan fingerprint density at radius 2 is 1.70 bits per heavy atom. The zero-order valence-corrected chi connectivity index (χ0v) is 18.7. The number of ketones is 1. The lowest BCUT2D eigenvalue weighted by Crippen LogP contribution is -2.52. The molecule has 2 unspecified atom stereocenters. The Kier molecular flexibility index (Phi) is 12.2. The van der Waals surface area contributed by atoms with E-state index in [9.17, 15) is 28.8 Å². The van der Waals surface area contributed by atoms with Crippen LogP contribution in [-0.4, -0.2) is 84.2 Å². The van der Waals surface area contributed by atoms with Crippen LogP contribution in [0.15, 0.2) is 37.6 Å². The van der Waals surface area contributed by atoms with Gasteiger partial charge < -0.3 is 23.8 Å². The highest BCUT2D eigenvalue weighted by atomic mass is 32.2. The zero-order chi connectivity index (χ0) is 24.8. The van der Waals surface area contributed by atoms with Crippen LogP contribution >= 0.6 is 11.8 Å². The average Bonchev–Trinajstić information content (AvgIpc) is 2.79. The van der Waals surface area contributed by atoms with Crippen molar-refractivity contribution < 1.29 is 47.7 Å². The average molecular weight is 484 g/mol. The van der Waals surface area contributed by atoms with E-state index in [4.69, 9.17) is 4.74 Å². The van der Waals surface area contributed by atoms with Crippen LogP contribution in [0.1, 0.15) is 6.92 Å². The van der Waals surface area contributed by atoms with Crippen molar-refractivity contribution in [2.75, 3.05) is 32.9 Å². The molecule has 180 valence electrons. The molecule has 2 atom stereocenters. The number of likely N-dealkylation sites (tertiary alicyclic amines) is 1. The molecule has 1 aliphatic heterocycles. The fourth-order valence-corrected chi connectivity index (χ4v) is 3.01. The summed E-state index contributed by atoms with van der Waals surface area (Å²) in [7, 11) is 0. The molecule has 0 saturated carbocycles. The lowest BCUT2D eigenvalue weighted by molar-refractivity contribution is -0.163. The van der Waals surface area contributed by atoms with Crippen LogP contribution in [0.4, 0.5) is 4.79 Å². The smallest absolute Gasteiger partial charge is 0.455 e. The lowest BCUT2D eigenvalue weighted by atomic mass is 10.2. The molecule has 1 heterocycles. The molecule has 1 rings (SSSR count). The molecule has 1 aliphatic rings. The molecule has 0 aromatic carbocycles. The van der Waals surface area contributed by atoms with Gasteiger partial charge in [-0.25, -0.2) is 14.4 Å². The maximum Gasteiger partial charge on any atom is 0.510 e. The summed E-state index contributed by atoms with van der Waals surface area (Å²) in [6, 6.07) is 0. The molecule has 1 fully saturated rings. The Labute approximate surface area is 193 Å². The van der Waals surface area contributed by atoms with Crippen molar-refractivity contribution in [2.24, 2.45) is 0 Å². The van der Waals surface area contributed by atoms with E-state index in [1.165, 1.54) is 36.3 Å². The van der Waals surface area contributed by atoms with Crippen LogP contribution in [0.5, 0.6) is 0 Å². The van der Waals surface area contributed by atoms with Gasteiger partial charge in [0, 0.05) is 12.7 Å². The number of rotatable bonds is 14. The molecule has 0 bridgehead atoms. The molecule has 1 N–H and O–H groups in total. The Morgan fingerprint density at radius 3 is 2.30 bits per heavy atom. The van der Waals surface area contributed by atoms with Gasteiger partial charge in [-0.05, 0) is 13.0 Å². The summed E-state index contributed by atoms with van der Waals surface area (Å²) in [4.78, 5) is 70.6. The number of nitrogens with one attached hydrogen (secondary N) is 1. The number of ether oxygens (including phenoxy) is 4. The second-order valence-corrected chi connectivity index (χ2v) is 7.42. The minimum absolute atomic E-state index is 0.000363. The van der Waals surface area contributed by atoms with E-state index in [1.54, 1.807) is 0 Å². The summed E-state index contributed by atoms with van der Waals surface area (Å²) >= 11 is 0.831.